The Morgan fingerprint density at radius 2 is 2.06 bits per heavy atom. The van der Waals surface area contributed by atoms with Crippen molar-refractivity contribution >= 4 is 11.7 Å². The first-order valence-electron chi connectivity index (χ1n) is 6.24. The monoisotopic (exact) mass is 249 g/mol. The van der Waals surface area contributed by atoms with Crippen molar-refractivity contribution in [3.63, 3.8) is 0 Å². The first-order chi connectivity index (χ1) is 8.61. The van der Waals surface area contributed by atoms with Gasteiger partial charge in [-0.2, -0.15) is 0 Å². The van der Waals surface area contributed by atoms with Gasteiger partial charge in [-0.1, -0.05) is 6.07 Å². The molecule has 1 aliphatic heterocycles. The molecule has 0 aromatic heterocycles. The number of rotatable bonds is 3. The highest BCUT2D eigenvalue weighted by Gasteiger charge is 2.25. The predicted octanol–water partition coefficient (Wildman–Crippen LogP) is 2.30. The number of carbonyl (C=O) groups is 1. The van der Waals surface area contributed by atoms with Crippen molar-refractivity contribution in [3.05, 3.63) is 23.8 Å². The quantitative estimate of drug-likeness (QED) is 0.893. The number of aryl methyl sites for hydroxylation is 1. The lowest BCUT2D eigenvalue weighted by Crippen LogP contribution is -2.36. The number of hydrogen-bond donors (Lipinski definition) is 1. The Morgan fingerprint density at radius 3 is 2.61 bits per heavy atom. The van der Waals surface area contributed by atoms with E-state index in [1.807, 2.05) is 19.1 Å². The first-order valence-corrected chi connectivity index (χ1v) is 6.24. The minimum Gasteiger partial charge on any atom is -0.495 e. The zero-order valence-electron chi connectivity index (χ0n) is 10.8. The van der Waals surface area contributed by atoms with Crippen LogP contribution in [-0.2, 0) is 4.79 Å². The van der Waals surface area contributed by atoms with Crippen LogP contribution in [0.25, 0.3) is 0 Å². The summed E-state index contributed by atoms with van der Waals surface area (Å²) in [7, 11) is 1.66. The maximum absolute atomic E-state index is 10.9. The molecule has 1 N–H and O–H groups in total. The van der Waals surface area contributed by atoms with Gasteiger partial charge in [0.1, 0.15) is 5.75 Å². The van der Waals surface area contributed by atoms with E-state index in [0.29, 0.717) is 12.8 Å². The van der Waals surface area contributed by atoms with Gasteiger partial charge in [-0.15, -0.1) is 0 Å². The summed E-state index contributed by atoms with van der Waals surface area (Å²) in [6.45, 7) is 3.60. The molecule has 1 heterocycles. The van der Waals surface area contributed by atoms with E-state index in [-0.39, 0.29) is 5.92 Å². The average Bonchev–Trinajstić information content (AvgIpc) is 2.39. The van der Waals surface area contributed by atoms with Crippen LogP contribution in [0, 0.1) is 12.8 Å². The van der Waals surface area contributed by atoms with Gasteiger partial charge in [-0.3, -0.25) is 4.79 Å². The molecule has 0 bridgehead atoms. The standard InChI is InChI=1S/C14H19NO3/c1-10-3-4-13(18-2)12(9-10)15-7-5-11(6-8-15)14(16)17/h3-4,9,11H,5-8H2,1-2H3,(H,16,17). The second kappa shape index (κ2) is 5.29. The molecule has 0 radical (unpaired) electrons. The summed E-state index contributed by atoms with van der Waals surface area (Å²) in [6, 6.07) is 6.08. The molecule has 1 fully saturated rings. The zero-order chi connectivity index (χ0) is 13.1. The number of aliphatic carboxylic acids is 1. The smallest absolute Gasteiger partial charge is 0.306 e. The maximum Gasteiger partial charge on any atom is 0.306 e. The fraction of sp³-hybridized carbons (Fsp3) is 0.500. The van der Waals surface area contributed by atoms with Gasteiger partial charge < -0.3 is 14.7 Å². The summed E-state index contributed by atoms with van der Waals surface area (Å²) in [5.74, 6) is -0.0164. The fourth-order valence-electron chi connectivity index (χ4n) is 2.41. The Balaban J connectivity index is 2.14. The third-order valence-corrected chi connectivity index (χ3v) is 3.52. The van der Waals surface area contributed by atoms with E-state index in [0.717, 1.165) is 24.5 Å². The van der Waals surface area contributed by atoms with Crippen LogP contribution >= 0.6 is 0 Å². The molecule has 0 saturated carbocycles. The lowest BCUT2D eigenvalue weighted by molar-refractivity contribution is -0.142. The molecule has 0 spiro atoms. The van der Waals surface area contributed by atoms with E-state index < -0.39 is 5.97 Å². The second-order valence-corrected chi connectivity index (χ2v) is 4.77. The number of carboxylic acid groups (broad SMARTS) is 1. The molecular weight excluding hydrogens is 230 g/mol. The van der Waals surface area contributed by atoms with E-state index in [1.165, 1.54) is 5.56 Å². The van der Waals surface area contributed by atoms with E-state index in [4.69, 9.17) is 9.84 Å². The molecule has 0 aliphatic carbocycles. The molecule has 98 valence electrons. The van der Waals surface area contributed by atoms with Gasteiger partial charge in [0.15, 0.2) is 0 Å². The van der Waals surface area contributed by atoms with E-state index >= 15 is 0 Å². The Labute approximate surface area is 107 Å². The number of carboxylic acids is 1. The highest BCUT2D eigenvalue weighted by atomic mass is 16.5. The number of ether oxygens (including phenoxy) is 1. The van der Waals surface area contributed by atoms with Gasteiger partial charge in [0, 0.05) is 13.1 Å². The zero-order valence-corrected chi connectivity index (χ0v) is 10.8. The molecule has 2 rings (SSSR count). The Morgan fingerprint density at radius 1 is 1.39 bits per heavy atom. The number of hydrogen-bond acceptors (Lipinski definition) is 3. The van der Waals surface area contributed by atoms with Crippen molar-refractivity contribution in [2.75, 3.05) is 25.1 Å². The van der Waals surface area contributed by atoms with Crippen LogP contribution in [0.15, 0.2) is 18.2 Å². The van der Waals surface area contributed by atoms with E-state index in [1.54, 1.807) is 7.11 Å². The summed E-state index contributed by atoms with van der Waals surface area (Å²) in [4.78, 5) is 13.1. The van der Waals surface area contributed by atoms with Crippen LogP contribution in [0.4, 0.5) is 5.69 Å². The lowest BCUT2D eigenvalue weighted by atomic mass is 9.96. The molecular formula is C14H19NO3. The largest absolute Gasteiger partial charge is 0.495 e. The Kier molecular flexibility index (Phi) is 3.75. The molecule has 4 heteroatoms. The molecule has 0 unspecified atom stereocenters. The van der Waals surface area contributed by atoms with Crippen molar-refractivity contribution in [2.45, 2.75) is 19.8 Å². The number of anilines is 1. The minimum absolute atomic E-state index is 0.197. The predicted molar refractivity (Wildman–Crippen MR) is 70.3 cm³/mol. The van der Waals surface area contributed by atoms with Crippen molar-refractivity contribution in [2.24, 2.45) is 5.92 Å². The highest BCUT2D eigenvalue weighted by molar-refractivity contribution is 5.70. The molecule has 18 heavy (non-hydrogen) atoms. The average molecular weight is 249 g/mol. The fourth-order valence-corrected chi connectivity index (χ4v) is 2.41. The molecule has 1 aromatic carbocycles. The van der Waals surface area contributed by atoms with Gasteiger partial charge in [0.25, 0.3) is 0 Å². The van der Waals surface area contributed by atoms with E-state index in [2.05, 4.69) is 11.0 Å². The molecule has 1 aliphatic rings. The second-order valence-electron chi connectivity index (χ2n) is 4.77. The van der Waals surface area contributed by atoms with E-state index in [9.17, 15) is 4.79 Å². The highest BCUT2D eigenvalue weighted by Crippen LogP contribution is 2.32. The minimum atomic E-state index is -0.675. The Hall–Kier alpha value is -1.71. The lowest BCUT2D eigenvalue weighted by Gasteiger charge is -2.33. The molecule has 1 saturated heterocycles. The van der Waals surface area contributed by atoms with Crippen LogP contribution in [0.1, 0.15) is 18.4 Å². The molecule has 0 atom stereocenters. The number of methoxy groups -OCH3 is 1. The first kappa shape index (κ1) is 12.7. The van der Waals surface area contributed by atoms with Crippen molar-refractivity contribution in [1.29, 1.82) is 0 Å². The number of benzene rings is 1. The molecule has 1 aromatic rings. The summed E-state index contributed by atoms with van der Waals surface area (Å²) >= 11 is 0. The van der Waals surface area contributed by atoms with Gasteiger partial charge in [-0.25, -0.2) is 0 Å². The van der Waals surface area contributed by atoms with Gasteiger partial charge in [0.05, 0.1) is 18.7 Å². The third-order valence-electron chi connectivity index (χ3n) is 3.52. The number of piperidine rings is 1. The van der Waals surface area contributed by atoms with Crippen LogP contribution < -0.4 is 9.64 Å². The third kappa shape index (κ3) is 2.58. The van der Waals surface area contributed by atoms with Crippen molar-refractivity contribution < 1.29 is 14.6 Å². The summed E-state index contributed by atoms with van der Waals surface area (Å²) < 4.78 is 5.37. The van der Waals surface area contributed by atoms with Crippen LogP contribution in [0.3, 0.4) is 0 Å². The SMILES string of the molecule is COc1ccc(C)cc1N1CCC(C(=O)O)CC1. The molecule has 0 amide bonds. The van der Waals surface area contributed by atoms with Crippen molar-refractivity contribution in [1.82, 2.24) is 0 Å². The maximum atomic E-state index is 10.9. The summed E-state index contributed by atoms with van der Waals surface area (Å²) in [5.41, 5.74) is 2.26. The number of nitrogens with zero attached hydrogens (tertiary/aromatic N) is 1. The van der Waals surface area contributed by atoms with Crippen LogP contribution in [0.5, 0.6) is 5.75 Å². The normalized spacial score (nSPS) is 16.7. The van der Waals surface area contributed by atoms with Gasteiger partial charge in [-0.05, 0) is 37.5 Å². The summed E-state index contributed by atoms with van der Waals surface area (Å²) in [5, 5.41) is 9.00. The van der Waals surface area contributed by atoms with Gasteiger partial charge in [0.2, 0.25) is 0 Å². The topological polar surface area (TPSA) is 49.8 Å². The summed E-state index contributed by atoms with van der Waals surface area (Å²) in [6.07, 6.45) is 1.40. The Bertz CT molecular complexity index is 437. The van der Waals surface area contributed by atoms with Crippen molar-refractivity contribution in [3.8, 4) is 5.75 Å². The van der Waals surface area contributed by atoms with Gasteiger partial charge >= 0.3 is 5.97 Å². The van der Waals surface area contributed by atoms with Crippen LogP contribution in [0.2, 0.25) is 0 Å². The molecule has 4 nitrogen and oxygen atoms in total. The van der Waals surface area contributed by atoms with Crippen LogP contribution in [-0.4, -0.2) is 31.3 Å².